The van der Waals surface area contributed by atoms with Crippen molar-refractivity contribution in [1.82, 2.24) is 0 Å². The van der Waals surface area contributed by atoms with E-state index in [0.29, 0.717) is 11.5 Å². The Hall–Kier alpha value is -2.41. The van der Waals surface area contributed by atoms with E-state index < -0.39 is 0 Å². The summed E-state index contributed by atoms with van der Waals surface area (Å²) >= 11 is 1.52. The fourth-order valence-electron chi connectivity index (χ4n) is 4.82. The van der Waals surface area contributed by atoms with Crippen LogP contribution < -0.4 is 9.47 Å². The Morgan fingerprint density at radius 1 is 1.00 bits per heavy atom. The smallest absolute Gasteiger partial charge is 0.178 e. The van der Waals surface area contributed by atoms with Crippen LogP contribution in [0.2, 0.25) is 0 Å². The average molecular weight is 455 g/mol. The van der Waals surface area contributed by atoms with Crippen LogP contribution in [0.4, 0.5) is 0 Å². The third kappa shape index (κ3) is 4.68. The predicted molar refractivity (Wildman–Crippen MR) is 129 cm³/mol. The maximum absolute atomic E-state index is 13.6. The SMILES string of the molecule is COc1cc2cc(C(=O)C3CC[N+](C)(Cc4ccccc4)CCC3OC)sc2cc1OC. The van der Waals surface area contributed by atoms with Crippen LogP contribution in [0.25, 0.3) is 10.1 Å². The Kier molecular flexibility index (Phi) is 6.84. The summed E-state index contributed by atoms with van der Waals surface area (Å²) in [5.41, 5.74) is 1.33. The van der Waals surface area contributed by atoms with Gasteiger partial charge in [0.05, 0.1) is 51.3 Å². The lowest BCUT2D eigenvalue weighted by molar-refractivity contribution is -0.922. The molecule has 1 aliphatic rings. The van der Waals surface area contributed by atoms with Crippen molar-refractivity contribution >= 4 is 27.2 Å². The molecule has 1 aliphatic heterocycles. The normalized spacial score (nSPS) is 23.6. The fraction of sp³-hybridized carbons (Fsp3) is 0.423. The van der Waals surface area contributed by atoms with E-state index in [1.54, 1.807) is 21.3 Å². The van der Waals surface area contributed by atoms with E-state index in [0.717, 1.165) is 51.9 Å². The number of Topliss-reactive ketones (excluding diaryl/α,β-unsaturated/α-hetero) is 1. The minimum absolute atomic E-state index is 0.0625. The van der Waals surface area contributed by atoms with Crippen LogP contribution in [0, 0.1) is 5.92 Å². The summed E-state index contributed by atoms with van der Waals surface area (Å²) in [5.74, 6) is 1.41. The molecule has 3 unspecified atom stereocenters. The first-order chi connectivity index (χ1) is 15.5. The highest BCUT2D eigenvalue weighted by atomic mass is 32.1. The summed E-state index contributed by atoms with van der Waals surface area (Å²) in [5, 5.41) is 1.00. The number of methoxy groups -OCH3 is 3. The van der Waals surface area contributed by atoms with Crippen LogP contribution in [-0.4, -0.2) is 57.8 Å². The van der Waals surface area contributed by atoms with Gasteiger partial charge in [-0.15, -0.1) is 11.3 Å². The molecule has 3 aromatic rings. The summed E-state index contributed by atoms with van der Waals surface area (Å²) in [6.07, 6.45) is 1.64. The number of thiophene rings is 1. The van der Waals surface area contributed by atoms with E-state index in [9.17, 15) is 4.79 Å². The number of quaternary nitrogens is 1. The van der Waals surface area contributed by atoms with Gasteiger partial charge in [-0.25, -0.2) is 0 Å². The summed E-state index contributed by atoms with van der Waals surface area (Å²) in [4.78, 5) is 14.4. The van der Waals surface area contributed by atoms with E-state index >= 15 is 0 Å². The number of rotatable bonds is 7. The molecular weight excluding hydrogens is 422 g/mol. The molecule has 4 rings (SSSR count). The molecule has 0 aliphatic carbocycles. The number of benzene rings is 2. The Balaban J connectivity index is 1.57. The number of hydrogen-bond acceptors (Lipinski definition) is 5. The second-order valence-corrected chi connectivity index (χ2v) is 9.97. The maximum atomic E-state index is 13.6. The molecule has 6 heteroatoms. The summed E-state index contributed by atoms with van der Waals surface area (Å²) < 4.78 is 18.7. The zero-order valence-electron chi connectivity index (χ0n) is 19.3. The van der Waals surface area contributed by atoms with Crippen molar-refractivity contribution in [3.63, 3.8) is 0 Å². The Morgan fingerprint density at radius 2 is 1.69 bits per heavy atom. The second kappa shape index (κ2) is 9.61. The molecule has 5 nitrogen and oxygen atoms in total. The van der Waals surface area contributed by atoms with Crippen molar-refractivity contribution < 1.29 is 23.5 Å². The fourth-order valence-corrected chi connectivity index (χ4v) is 5.90. The van der Waals surface area contributed by atoms with E-state index in [-0.39, 0.29) is 17.8 Å². The Labute approximate surface area is 194 Å². The van der Waals surface area contributed by atoms with E-state index in [2.05, 4.69) is 37.4 Å². The van der Waals surface area contributed by atoms with Crippen molar-refractivity contribution in [2.45, 2.75) is 25.5 Å². The lowest BCUT2D eigenvalue weighted by Gasteiger charge is -2.33. The van der Waals surface area contributed by atoms with Gasteiger partial charge < -0.3 is 18.7 Å². The van der Waals surface area contributed by atoms with Gasteiger partial charge in [0.1, 0.15) is 6.54 Å². The zero-order valence-corrected chi connectivity index (χ0v) is 20.1. The van der Waals surface area contributed by atoms with Gasteiger partial charge in [0.2, 0.25) is 0 Å². The number of ketones is 1. The molecule has 0 spiro atoms. The van der Waals surface area contributed by atoms with Crippen LogP contribution in [0.15, 0.2) is 48.5 Å². The number of carbonyl (C=O) groups excluding carboxylic acids is 1. The molecule has 3 atom stereocenters. The molecule has 0 bridgehead atoms. The maximum Gasteiger partial charge on any atom is 0.178 e. The Morgan fingerprint density at radius 3 is 2.38 bits per heavy atom. The Bertz CT molecular complexity index is 1040. The van der Waals surface area contributed by atoms with Gasteiger partial charge in [-0.3, -0.25) is 4.79 Å². The van der Waals surface area contributed by atoms with Gasteiger partial charge in [-0.2, -0.15) is 0 Å². The van der Waals surface area contributed by atoms with Gasteiger partial charge in [0.25, 0.3) is 0 Å². The summed E-state index contributed by atoms with van der Waals surface area (Å²) in [6.45, 7) is 2.93. The van der Waals surface area contributed by atoms with Gasteiger partial charge in [0.15, 0.2) is 17.3 Å². The van der Waals surface area contributed by atoms with E-state index in [4.69, 9.17) is 14.2 Å². The molecular formula is C26H32NO4S+. The highest BCUT2D eigenvalue weighted by molar-refractivity contribution is 7.20. The van der Waals surface area contributed by atoms with Gasteiger partial charge in [-0.1, -0.05) is 30.3 Å². The highest BCUT2D eigenvalue weighted by Gasteiger charge is 2.38. The molecule has 1 fully saturated rings. The third-order valence-corrected chi connectivity index (χ3v) is 7.81. The predicted octanol–water partition coefficient (Wildman–Crippen LogP) is 5.17. The van der Waals surface area contributed by atoms with Crippen LogP contribution >= 0.6 is 11.3 Å². The minimum atomic E-state index is -0.132. The quantitative estimate of drug-likeness (QED) is 0.365. The lowest BCUT2D eigenvalue weighted by Crippen LogP contribution is -2.44. The average Bonchev–Trinajstić information content (AvgIpc) is 3.15. The largest absolute Gasteiger partial charge is 0.493 e. The van der Waals surface area contributed by atoms with Crippen molar-refractivity contribution in [2.24, 2.45) is 5.92 Å². The molecule has 0 amide bonds. The van der Waals surface area contributed by atoms with Gasteiger partial charge >= 0.3 is 0 Å². The molecule has 1 aromatic heterocycles. The van der Waals surface area contributed by atoms with Gasteiger partial charge in [-0.05, 0) is 17.5 Å². The highest BCUT2D eigenvalue weighted by Crippen LogP contribution is 2.38. The summed E-state index contributed by atoms with van der Waals surface area (Å²) in [6, 6.07) is 16.5. The van der Waals surface area contributed by atoms with Crippen molar-refractivity contribution in [3.05, 3.63) is 59.0 Å². The number of ether oxygens (including phenoxy) is 3. The van der Waals surface area contributed by atoms with Crippen molar-refractivity contribution in [1.29, 1.82) is 0 Å². The molecule has 2 heterocycles. The zero-order chi connectivity index (χ0) is 22.7. The van der Waals surface area contributed by atoms with Crippen LogP contribution in [0.3, 0.4) is 0 Å². The molecule has 0 radical (unpaired) electrons. The first-order valence-corrected chi connectivity index (χ1v) is 11.9. The van der Waals surface area contributed by atoms with Crippen molar-refractivity contribution in [2.75, 3.05) is 41.5 Å². The molecule has 0 N–H and O–H groups in total. The number of nitrogens with zero attached hydrogens (tertiary/aromatic N) is 1. The first kappa shape index (κ1) is 22.8. The topological polar surface area (TPSA) is 44.8 Å². The second-order valence-electron chi connectivity index (χ2n) is 8.89. The van der Waals surface area contributed by atoms with E-state index in [1.165, 1.54) is 16.9 Å². The molecule has 170 valence electrons. The monoisotopic (exact) mass is 454 g/mol. The van der Waals surface area contributed by atoms with Crippen LogP contribution in [-0.2, 0) is 11.3 Å². The molecule has 32 heavy (non-hydrogen) atoms. The standard InChI is InChI=1S/C26H32NO4S/c1-27(17-18-8-6-5-7-9-18)12-10-20(21(29-2)11-13-27)26(28)25-15-19-14-22(30-3)23(31-4)16-24(19)32-25/h5-9,14-16,20-21H,10-13,17H2,1-4H3/q+1. The third-order valence-electron chi connectivity index (χ3n) is 6.69. The number of likely N-dealkylation sites (tertiary alicyclic amines) is 1. The summed E-state index contributed by atoms with van der Waals surface area (Å²) in [7, 11) is 7.29. The molecule has 0 saturated carbocycles. The van der Waals surface area contributed by atoms with Gasteiger partial charge in [0, 0.05) is 36.3 Å². The number of hydrogen-bond donors (Lipinski definition) is 0. The number of fused-ring (bicyclic) bond motifs is 1. The molecule has 2 aromatic carbocycles. The van der Waals surface area contributed by atoms with Crippen LogP contribution in [0.5, 0.6) is 11.5 Å². The first-order valence-electron chi connectivity index (χ1n) is 11.1. The minimum Gasteiger partial charge on any atom is -0.493 e. The molecule has 1 saturated heterocycles. The lowest BCUT2D eigenvalue weighted by atomic mass is 9.91. The number of carbonyl (C=O) groups is 1. The van der Waals surface area contributed by atoms with Crippen molar-refractivity contribution in [3.8, 4) is 11.5 Å². The van der Waals surface area contributed by atoms with Crippen LogP contribution in [0.1, 0.15) is 28.1 Å². The van der Waals surface area contributed by atoms with E-state index in [1.807, 2.05) is 18.2 Å².